The zero-order chi connectivity index (χ0) is 16.2. The van der Waals surface area contributed by atoms with Gasteiger partial charge in [-0.3, -0.25) is 14.9 Å². The highest BCUT2D eigenvalue weighted by molar-refractivity contribution is 6.00. The molecule has 2 rings (SSSR count). The van der Waals surface area contributed by atoms with Crippen LogP contribution in [0, 0.1) is 0 Å². The quantitative estimate of drug-likeness (QED) is 0.812. The van der Waals surface area contributed by atoms with E-state index in [1.807, 2.05) is 25.7 Å². The van der Waals surface area contributed by atoms with Crippen LogP contribution in [0.4, 0.5) is 0 Å². The molecule has 1 fully saturated rings. The van der Waals surface area contributed by atoms with Gasteiger partial charge in [-0.15, -0.1) is 0 Å². The Morgan fingerprint density at radius 3 is 2.43 bits per heavy atom. The van der Waals surface area contributed by atoms with Crippen LogP contribution in [-0.2, 0) is 9.59 Å². The fourth-order valence-electron chi connectivity index (χ4n) is 2.56. The molecule has 114 valence electrons. The lowest BCUT2D eigenvalue weighted by molar-refractivity contribution is -0.136. The van der Waals surface area contributed by atoms with Gasteiger partial charge in [-0.25, -0.2) is 0 Å². The average Bonchev–Trinajstić information content (AvgIpc) is 2.78. The smallest absolute Gasteiger partial charge is 0.249 e. The second-order valence-electron chi connectivity index (χ2n) is 4.92. The fraction of sp³-hybridized carbons (Fsp3) is 0.412. The first-order valence-electron chi connectivity index (χ1n) is 7.26. The highest BCUT2D eigenvalue weighted by Gasteiger charge is 2.36. The molecule has 2 aliphatic rings. The monoisotopic (exact) mass is 288 g/mol. The summed E-state index contributed by atoms with van der Waals surface area (Å²) in [6.07, 6.45) is 2.64. The molecule has 1 unspecified atom stereocenters. The standard InChI is InChI=1S/C15H18N2O2.C2H6/c1-5-11-10(4)17(8-12(11)9(2)3)13-6-7-14(18)16-15(13)19;1-2/h5,13H,1-2,4,6-8H2,3H3,(H,16,18,19);1-2H3. The van der Waals surface area contributed by atoms with Gasteiger partial charge in [0.1, 0.15) is 6.04 Å². The summed E-state index contributed by atoms with van der Waals surface area (Å²) in [4.78, 5) is 25.1. The van der Waals surface area contributed by atoms with Crippen molar-refractivity contribution in [2.75, 3.05) is 6.54 Å². The molecule has 0 aliphatic carbocycles. The molecule has 4 nitrogen and oxygen atoms in total. The lowest BCUT2D eigenvalue weighted by Gasteiger charge is -2.32. The van der Waals surface area contributed by atoms with Gasteiger partial charge in [0.2, 0.25) is 11.8 Å². The molecule has 4 heteroatoms. The van der Waals surface area contributed by atoms with Crippen LogP contribution in [0.3, 0.4) is 0 Å². The Labute approximate surface area is 126 Å². The van der Waals surface area contributed by atoms with Gasteiger partial charge in [0.15, 0.2) is 0 Å². The number of imide groups is 1. The van der Waals surface area contributed by atoms with Crippen LogP contribution in [0.15, 0.2) is 48.2 Å². The summed E-state index contributed by atoms with van der Waals surface area (Å²) in [5, 5.41) is 2.38. The molecule has 1 atom stereocenters. The van der Waals surface area contributed by atoms with Crippen molar-refractivity contribution in [3.63, 3.8) is 0 Å². The lowest BCUT2D eigenvalue weighted by Crippen LogP contribution is -2.51. The van der Waals surface area contributed by atoms with Gasteiger partial charge in [0.25, 0.3) is 0 Å². The lowest BCUT2D eigenvalue weighted by atomic mass is 10.0. The van der Waals surface area contributed by atoms with Crippen molar-refractivity contribution in [1.82, 2.24) is 10.2 Å². The molecule has 2 heterocycles. The van der Waals surface area contributed by atoms with Crippen LogP contribution in [0.5, 0.6) is 0 Å². The van der Waals surface area contributed by atoms with Crippen molar-refractivity contribution < 1.29 is 9.59 Å². The maximum atomic E-state index is 11.9. The summed E-state index contributed by atoms with van der Waals surface area (Å²) < 4.78 is 0. The van der Waals surface area contributed by atoms with Crippen molar-refractivity contribution >= 4 is 11.8 Å². The molecule has 1 saturated heterocycles. The second-order valence-corrected chi connectivity index (χ2v) is 4.92. The van der Waals surface area contributed by atoms with Gasteiger partial charge < -0.3 is 4.90 Å². The van der Waals surface area contributed by atoms with E-state index in [1.165, 1.54) is 0 Å². The maximum Gasteiger partial charge on any atom is 0.249 e. The van der Waals surface area contributed by atoms with Crippen molar-refractivity contribution in [2.24, 2.45) is 0 Å². The van der Waals surface area contributed by atoms with Gasteiger partial charge in [-0.05, 0) is 18.9 Å². The number of nitrogens with zero attached hydrogens (tertiary/aromatic N) is 1. The van der Waals surface area contributed by atoms with Crippen LogP contribution < -0.4 is 5.32 Å². The van der Waals surface area contributed by atoms with E-state index < -0.39 is 0 Å². The molecule has 0 aromatic carbocycles. The second kappa shape index (κ2) is 7.07. The van der Waals surface area contributed by atoms with Crippen LogP contribution >= 0.6 is 0 Å². The zero-order valence-corrected chi connectivity index (χ0v) is 13.2. The molecule has 0 aromatic rings. The van der Waals surface area contributed by atoms with E-state index in [-0.39, 0.29) is 17.9 Å². The summed E-state index contributed by atoms with van der Waals surface area (Å²) >= 11 is 0. The molecule has 0 bridgehead atoms. The van der Waals surface area contributed by atoms with Crippen LogP contribution in [0.2, 0.25) is 0 Å². The number of carbonyl (C=O) groups is 2. The van der Waals surface area contributed by atoms with Crippen molar-refractivity contribution in [2.45, 2.75) is 39.7 Å². The first-order valence-corrected chi connectivity index (χ1v) is 7.26. The number of hydrogen-bond acceptors (Lipinski definition) is 3. The Kier molecular flexibility index (Phi) is 5.70. The third-order valence-corrected chi connectivity index (χ3v) is 3.62. The van der Waals surface area contributed by atoms with Crippen LogP contribution in [0.1, 0.15) is 33.6 Å². The fourth-order valence-corrected chi connectivity index (χ4v) is 2.56. The summed E-state index contributed by atoms with van der Waals surface area (Å²) in [7, 11) is 0. The minimum absolute atomic E-state index is 0.205. The van der Waals surface area contributed by atoms with Gasteiger partial charge in [0.05, 0.1) is 0 Å². The topological polar surface area (TPSA) is 49.4 Å². The molecule has 0 aromatic heterocycles. The Morgan fingerprint density at radius 1 is 1.38 bits per heavy atom. The largest absolute Gasteiger partial charge is 0.355 e. The molecule has 0 spiro atoms. The predicted molar refractivity (Wildman–Crippen MR) is 85.4 cm³/mol. The van der Waals surface area contributed by atoms with Gasteiger partial charge in [0, 0.05) is 24.2 Å². The molecule has 0 saturated carbocycles. The SMILES string of the molecule is C=CC1=C(C(=C)C)CN(C2CCC(=O)NC2=O)C1=C.CC. The van der Waals surface area contributed by atoms with E-state index in [2.05, 4.69) is 25.1 Å². The zero-order valence-electron chi connectivity index (χ0n) is 13.2. The number of piperidine rings is 1. The number of carbonyl (C=O) groups excluding carboxylic acids is 2. The number of allylic oxidation sites excluding steroid dienone is 1. The number of nitrogens with one attached hydrogen (secondary N) is 1. The molecule has 2 amide bonds. The summed E-state index contributed by atoms with van der Waals surface area (Å²) in [6.45, 7) is 18.3. The van der Waals surface area contributed by atoms with Crippen molar-refractivity contribution in [3.8, 4) is 0 Å². The third kappa shape index (κ3) is 3.32. The Hall–Kier alpha value is -2.10. The normalized spacial score (nSPS) is 21.8. The first-order chi connectivity index (χ1) is 9.95. The Bertz CT molecular complexity index is 529. The predicted octanol–water partition coefficient (Wildman–Crippen LogP) is 2.71. The van der Waals surface area contributed by atoms with Crippen LogP contribution in [0.25, 0.3) is 0 Å². The summed E-state index contributed by atoms with van der Waals surface area (Å²) in [6, 6.07) is -0.336. The third-order valence-electron chi connectivity index (χ3n) is 3.62. The minimum Gasteiger partial charge on any atom is -0.355 e. The van der Waals surface area contributed by atoms with Crippen molar-refractivity contribution in [3.05, 3.63) is 48.2 Å². The minimum atomic E-state index is -0.336. The molecular formula is C17H24N2O2. The van der Waals surface area contributed by atoms with E-state index in [4.69, 9.17) is 0 Å². The summed E-state index contributed by atoms with van der Waals surface area (Å²) in [5.74, 6) is -0.452. The Morgan fingerprint density at radius 2 is 2.00 bits per heavy atom. The molecule has 21 heavy (non-hydrogen) atoms. The average molecular weight is 288 g/mol. The van der Waals surface area contributed by atoms with E-state index in [0.717, 1.165) is 22.4 Å². The number of amides is 2. The molecule has 0 radical (unpaired) electrons. The molecule has 2 aliphatic heterocycles. The maximum absolute atomic E-state index is 11.9. The van der Waals surface area contributed by atoms with Crippen LogP contribution in [-0.4, -0.2) is 29.3 Å². The van der Waals surface area contributed by atoms with E-state index >= 15 is 0 Å². The van der Waals surface area contributed by atoms with Gasteiger partial charge in [-0.1, -0.05) is 45.2 Å². The van der Waals surface area contributed by atoms with Gasteiger partial charge in [-0.2, -0.15) is 0 Å². The van der Waals surface area contributed by atoms with E-state index in [9.17, 15) is 9.59 Å². The first kappa shape index (κ1) is 17.0. The number of hydrogen-bond donors (Lipinski definition) is 1. The highest BCUT2D eigenvalue weighted by Crippen LogP contribution is 2.34. The summed E-state index contributed by atoms with van der Waals surface area (Å²) in [5.41, 5.74) is 3.73. The number of rotatable bonds is 3. The van der Waals surface area contributed by atoms with E-state index in [1.54, 1.807) is 6.08 Å². The Balaban J connectivity index is 0.00000106. The highest BCUT2D eigenvalue weighted by atomic mass is 16.2. The molecular weight excluding hydrogens is 264 g/mol. The van der Waals surface area contributed by atoms with Gasteiger partial charge >= 0.3 is 0 Å². The molecule has 1 N–H and O–H groups in total. The van der Waals surface area contributed by atoms with E-state index in [0.29, 0.717) is 19.4 Å². The van der Waals surface area contributed by atoms with Crippen molar-refractivity contribution in [1.29, 1.82) is 0 Å².